The van der Waals surface area contributed by atoms with Crippen LogP contribution in [0.3, 0.4) is 0 Å². The summed E-state index contributed by atoms with van der Waals surface area (Å²) in [6.45, 7) is 3.25. The first-order valence-corrected chi connectivity index (χ1v) is 8.83. The minimum absolute atomic E-state index is 0.384. The smallest absolute Gasteiger partial charge is 0.0701 e. The van der Waals surface area contributed by atoms with Gasteiger partial charge < -0.3 is 5.32 Å². The molecule has 0 spiro atoms. The lowest BCUT2D eigenvalue weighted by molar-refractivity contribution is 0.536. The molecule has 1 aromatic carbocycles. The predicted octanol–water partition coefficient (Wildman–Crippen LogP) is 5.56. The van der Waals surface area contributed by atoms with Crippen molar-refractivity contribution in [2.75, 3.05) is 6.54 Å². The van der Waals surface area contributed by atoms with Crippen LogP contribution in [0.2, 0.25) is 0 Å². The molecule has 0 aliphatic carbocycles. The van der Waals surface area contributed by atoms with Gasteiger partial charge in [-0.05, 0) is 59.1 Å². The second kappa shape index (κ2) is 7.58. The third-order valence-electron chi connectivity index (χ3n) is 2.96. The molecule has 0 aliphatic rings. The normalized spacial score (nSPS) is 12.6. The van der Waals surface area contributed by atoms with Gasteiger partial charge in [0.25, 0.3) is 0 Å². The SMILES string of the molecule is CCCNC(Cc1ccccc1Br)c1ccc(Br)s1. The first-order valence-electron chi connectivity index (χ1n) is 6.42. The maximum absolute atomic E-state index is 3.64. The van der Waals surface area contributed by atoms with E-state index in [1.165, 1.54) is 18.7 Å². The monoisotopic (exact) mass is 401 g/mol. The molecule has 2 aromatic rings. The standard InChI is InChI=1S/C15H17Br2NS/c1-2-9-18-13(14-7-8-15(17)19-14)10-11-5-3-4-6-12(11)16/h3-8,13,18H,2,9-10H2,1H3. The zero-order valence-electron chi connectivity index (χ0n) is 10.8. The fourth-order valence-electron chi connectivity index (χ4n) is 1.99. The van der Waals surface area contributed by atoms with Gasteiger partial charge in [-0.3, -0.25) is 0 Å². The summed E-state index contributed by atoms with van der Waals surface area (Å²) in [7, 11) is 0. The fourth-order valence-corrected chi connectivity index (χ4v) is 3.94. The van der Waals surface area contributed by atoms with E-state index in [4.69, 9.17) is 0 Å². The molecular weight excluding hydrogens is 386 g/mol. The zero-order valence-corrected chi connectivity index (χ0v) is 14.8. The van der Waals surface area contributed by atoms with E-state index >= 15 is 0 Å². The lowest BCUT2D eigenvalue weighted by atomic mass is 10.0. The Balaban J connectivity index is 2.16. The van der Waals surface area contributed by atoms with Crippen molar-refractivity contribution < 1.29 is 0 Å². The molecule has 1 nitrogen and oxygen atoms in total. The van der Waals surface area contributed by atoms with Gasteiger partial charge in [0, 0.05) is 15.4 Å². The van der Waals surface area contributed by atoms with Crippen LogP contribution in [0.4, 0.5) is 0 Å². The molecular formula is C15H17Br2NS. The molecule has 2 rings (SSSR count). The van der Waals surface area contributed by atoms with E-state index in [9.17, 15) is 0 Å². The van der Waals surface area contributed by atoms with Gasteiger partial charge in [-0.15, -0.1) is 11.3 Å². The summed E-state index contributed by atoms with van der Waals surface area (Å²) in [6, 6.07) is 13.2. The molecule has 1 heterocycles. The molecule has 1 atom stereocenters. The minimum Gasteiger partial charge on any atom is -0.309 e. The highest BCUT2D eigenvalue weighted by molar-refractivity contribution is 9.11. The Bertz CT molecular complexity index is 524. The quantitative estimate of drug-likeness (QED) is 0.667. The van der Waals surface area contributed by atoms with Gasteiger partial charge in [0.05, 0.1) is 3.79 Å². The van der Waals surface area contributed by atoms with Gasteiger partial charge in [0.15, 0.2) is 0 Å². The van der Waals surface area contributed by atoms with E-state index in [-0.39, 0.29) is 0 Å². The van der Waals surface area contributed by atoms with Gasteiger partial charge in [0.1, 0.15) is 0 Å². The first-order chi connectivity index (χ1) is 9.20. The van der Waals surface area contributed by atoms with E-state index < -0.39 is 0 Å². The van der Waals surface area contributed by atoms with Gasteiger partial charge in [-0.25, -0.2) is 0 Å². The van der Waals surface area contributed by atoms with Crippen molar-refractivity contribution >= 4 is 43.2 Å². The Morgan fingerprint density at radius 3 is 2.58 bits per heavy atom. The molecule has 0 fully saturated rings. The topological polar surface area (TPSA) is 12.0 Å². The molecule has 0 amide bonds. The molecule has 0 saturated heterocycles. The summed E-state index contributed by atoms with van der Waals surface area (Å²) in [5.74, 6) is 0. The Kier molecular flexibility index (Phi) is 6.07. The molecule has 19 heavy (non-hydrogen) atoms. The summed E-state index contributed by atoms with van der Waals surface area (Å²) in [6.07, 6.45) is 2.16. The van der Waals surface area contributed by atoms with Crippen molar-refractivity contribution in [2.45, 2.75) is 25.8 Å². The van der Waals surface area contributed by atoms with E-state index in [1.807, 2.05) is 11.3 Å². The molecule has 1 N–H and O–H groups in total. The highest BCUT2D eigenvalue weighted by atomic mass is 79.9. The van der Waals surface area contributed by atoms with Gasteiger partial charge in [0.2, 0.25) is 0 Å². The lowest BCUT2D eigenvalue weighted by Crippen LogP contribution is -2.23. The number of thiophene rings is 1. The van der Waals surface area contributed by atoms with Gasteiger partial charge >= 0.3 is 0 Å². The van der Waals surface area contributed by atoms with Crippen molar-refractivity contribution in [3.05, 3.63) is 55.1 Å². The largest absolute Gasteiger partial charge is 0.309 e. The van der Waals surface area contributed by atoms with Crippen molar-refractivity contribution in [1.29, 1.82) is 0 Å². The average Bonchev–Trinajstić information content (AvgIpc) is 2.83. The summed E-state index contributed by atoms with van der Waals surface area (Å²) in [4.78, 5) is 1.39. The molecule has 1 unspecified atom stereocenters. The van der Waals surface area contributed by atoms with Crippen molar-refractivity contribution in [2.24, 2.45) is 0 Å². The number of hydrogen-bond acceptors (Lipinski definition) is 2. The number of hydrogen-bond donors (Lipinski definition) is 1. The summed E-state index contributed by atoms with van der Waals surface area (Å²) in [5.41, 5.74) is 1.35. The Labute approximate surface area is 135 Å². The van der Waals surface area contributed by atoms with E-state index in [2.05, 4.69) is 80.5 Å². The van der Waals surface area contributed by atoms with Crippen molar-refractivity contribution in [3.63, 3.8) is 0 Å². The first kappa shape index (κ1) is 15.2. The lowest BCUT2D eigenvalue weighted by Gasteiger charge is -2.18. The van der Waals surface area contributed by atoms with E-state index in [0.717, 1.165) is 19.4 Å². The molecule has 4 heteroatoms. The van der Waals surface area contributed by atoms with Crippen LogP contribution in [-0.4, -0.2) is 6.54 Å². The highest BCUT2D eigenvalue weighted by Gasteiger charge is 2.14. The Hall–Kier alpha value is -0.160. The predicted molar refractivity (Wildman–Crippen MR) is 90.9 cm³/mol. The van der Waals surface area contributed by atoms with Crippen LogP contribution in [-0.2, 0) is 6.42 Å². The molecule has 0 aliphatic heterocycles. The number of halogens is 2. The Morgan fingerprint density at radius 1 is 1.16 bits per heavy atom. The minimum atomic E-state index is 0.384. The molecule has 0 saturated carbocycles. The van der Waals surface area contributed by atoms with Gasteiger partial charge in [-0.2, -0.15) is 0 Å². The maximum atomic E-state index is 3.64. The van der Waals surface area contributed by atoms with Gasteiger partial charge in [-0.1, -0.05) is 41.1 Å². The third kappa shape index (κ3) is 4.42. The van der Waals surface area contributed by atoms with E-state index in [1.54, 1.807) is 0 Å². The molecule has 0 radical (unpaired) electrons. The maximum Gasteiger partial charge on any atom is 0.0701 e. The van der Waals surface area contributed by atoms with Crippen LogP contribution in [0.25, 0.3) is 0 Å². The second-order valence-electron chi connectivity index (χ2n) is 4.44. The van der Waals surface area contributed by atoms with Crippen LogP contribution < -0.4 is 5.32 Å². The van der Waals surface area contributed by atoms with Crippen molar-refractivity contribution in [3.8, 4) is 0 Å². The summed E-state index contributed by atoms with van der Waals surface area (Å²) in [5, 5.41) is 3.64. The summed E-state index contributed by atoms with van der Waals surface area (Å²) < 4.78 is 2.38. The fraction of sp³-hybridized carbons (Fsp3) is 0.333. The zero-order chi connectivity index (χ0) is 13.7. The second-order valence-corrected chi connectivity index (χ2v) is 7.79. The summed E-state index contributed by atoms with van der Waals surface area (Å²) >= 11 is 9.00. The molecule has 1 aromatic heterocycles. The van der Waals surface area contributed by atoms with Crippen LogP contribution in [0.15, 0.2) is 44.7 Å². The van der Waals surface area contributed by atoms with Crippen LogP contribution in [0.5, 0.6) is 0 Å². The number of nitrogens with one attached hydrogen (secondary N) is 1. The van der Waals surface area contributed by atoms with Crippen LogP contribution >= 0.6 is 43.2 Å². The van der Waals surface area contributed by atoms with E-state index in [0.29, 0.717) is 6.04 Å². The van der Waals surface area contributed by atoms with Crippen LogP contribution in [0.1, 0.15) is 29.8 Å². The Morgan fingerprint density at radius 2 is 1.95 bits per heavy atom. The number of rotatable bonds is 6. The number of benzene rings is 1. The van der Waals surface area contributed by atoms with Crippen LogP contribution in [0, 0.1) is 0 Å². The molecule has 0 bridgehead atoms. The molecule has 102 valence electrons. The highest BCUT2D eigenvalue weighted by Crippen LogP contribution is 2.30. The van der Waals surface area contributed by atoms with Crippen molar-refractivity contribution in [1.82, 2.24) is 5.32 Å². The average molecular weight is 403 g/mol. The third-order valence-corrected chi connectivity index (χ3v) is 5.47.